The second-order valence-corrected chi connectivity index (χ2v) is 4.27. The summed E-state index contributed by atoms with van der Waals surface area (Å²) in [7, 11) is 3.49. The third kappa shape index (κ3) is 6.35. The van der Waals surface area contributed by atoms with Gasteiger partial charge in [0.25, 0.3) is 0 Å². The van der Waals surface area contributed by atoms with Gasteiger partial charge in [0.15, 0.2) is 0 Å². The first kappa shape index (κ1) is 13.9. The third-order valence-corrected chi connectivity index (χ3v) is 2.34. The lowest BCUT2D eigenvalue weighted by Crippen LogP contribution is -2.40. The number of hydrogen-bond acceptors (Lipinski definition) is 3. The highest BCUT2D eigenvalue weighted by Gasteiger charge is 2.22. The molecular weight excluding hydrogens is 178 g/mol. The van der Waals surface area contributed by atoms with Gasteiger partial charge in [-0.3, -0.25) is 0 Å². The highest BCUT2D eigenvalue weighted by molar-refractivity contribution is 4.78. The van der Waals surface area contributed by atoms with Gasteiger partial charge in [-0.05, 0) is 33.2 Å². The SMILES string of the molecule is CCCNC(COC)CC(C)(C)OC. The van der Waals surface area contributed by atoms with Crippen LogP contribution in [0.15, 0.2) is 0 Å². The fourth-order valence-electron chi connectivity index (χ4n) is 1.42. The van der Waals surface area contributed by atoms with Crippen LogP contribution in [0.2, 0.25) is 0 Å². The van der Waals surface area contributed by atoms with Gasteiger partial charge < -0.3 is 14.8 Å². The largest absolute Gasteiger partial charge is 0.383 e. The average Bonchev–Trinajstić information content (AvgIpc) is 2.14. The first-order valence-corrected chi connectivity index (χ1v) is 5.33. The molecule has 0 amide bonds. The Morgan fingerprint density at radius 3 is 2.36 bits per heavy atom. The van der Waals surface area contributed by atoms with E-state index in [-0.39, 0.29) is 5.60 Å². The van der Waals surface area contributed by atoms with Gasteiger partial charge in [0.1, 0.15) is 0 Å². The molecule has 0 heterocycles. The summed E-state index contributed by atoms with van der Waals surface area (Å²) in [6, 6.07) is 0.384. The van der Waals surface area contributed by atoms with E-state index in [1.54, 1.807) is 14.2 Å². The van der Waals surface area contributed by atoms with Crippen molar-refractivity contribution in [1.82, 2.24) is 5.32 Å². The Morgan fingerprint density at radius 2 is 1.93 bits per heavy atom. The number of ether oxygens (including phenoxy) is 2. The minimum atomic E-state index is -0.0794. The summed E-state index contributed by atoms with van der Waals surface area (Å²) < 4.78 is 10.6. The van der Waals surface area contributed by atoms with Gasteiger partial charge in [0, 0.05) is 20.3 Å². The molecule has 1 atom stereocenters. The van der Waals surface area contributed by atoms with E-state index in [1.165, 1.54) is 0 Å². The van der Waals surface area contributed by atoms with Gasteiger partial charge in [-0.2, -0.15) is 0 Å². The van der Waals surface area contributed by atoms with Crippen molar-refractivity contribution in [2.45, 2.75) is 45.3 Å². The minimum Gasteiger partial charge on any atom is -0.383 e. The van der Waals surface area contributed by atoms with Crippen LogP contribution in [0.3, 0.4) is 0 Å². The fraction of sp³-hybridized carbons (Fsp3) is 1.00. The monoisotopic (exact) mass is 203 g/mol. The highest BCUT2D eigenvalue weighted by Crippen LogP contribution is 2.15. The molecule has 0 saturated carbocycles. The van der Waals surface area contributed by atoms with Crippen LogP contribution in [-0.2, 0) is 9.47 Å². The Labute approximate surface area is 88.2 Å². The van der Waals surface area contributed by atoms with E-state index in [9.17, 15) is 0 Å². The Hall–Kier alpha value is -0.120. The molecular formula is C11H25NO2. The molecule has 0 fully saturated rings. The zero-order valence-corrected chi connectivity index (χ0v) is 10.2. The van der Waals surface area contributed by atoms with Crippen LogP contribution in [0.5, 0.6) is 0 Å². The number of hydrogen-bond donors (Lipinski definition) is 1. The van der Waals surface area contributed by atoms with Crippen LogP contribution in [0.4, 0.5) is 0 Å². The molecule has 3 nitrogen and oxygen atoms in total. The van der Waals surface area contributed by atoms with Crippen molar-refractivity contribution in [3.63, 3.8) is 0 Å². The van der Waals surface area contributed by atoms with E-state index in [0.29, 0.717) is 6.04 Å². The molecule has 86 valence electrons. The normalized spacial score (nSPS) is 14.4. The molecule has 0 aromatic carbocycles. The Morgan fingerprint density at radius 1 is 1.29 bits per heavy atom. The van der Waals surface area contributed by atoms with Crippen LogP contribution < -0.4 is 5.32 Å². The summed E-state index contributed by atoms with van der Waals surface area (Å²) >= 11 is 0. The summed E-state index contributed by atoms with van der Waals surface area (Å²) in [5.74, 6) is 0. The average molecular weight is 203 g/mol. The first-order chi connectivity index (χ1) is 6.55. The van der Waals surface area contributed by atoms with Gasteiger partial charge in [-0.25, -0.2) is 0 Å². The summed E-state index contributed by atoms with van der Waals surface area (Å²) in [4.78, 5) is 0. The van der Waals surface area contributed by atoms with Crippen molar-refractivity contribution in [1.29, 1.82) is 0 Å². The van der Waals surface area contributed by atoms with Crippen molar-refractivity contribution in [2.75, 3.05) is 27.4 Å². The van der Waals surface area contributed by atoms with Crippen LogP contribution in [0.1, 0.15) is 33.6 Å². The highest BCUT2D eigenvalue weighted by atomic mass is 16.5. The smallest absolute Gasteiger partial charge is 0.0638 e. The summed E-state index contributed by atoms with van der Waals surface area (Å²) in [6.07, 6.45) is 2.12. The molecule has 0 radical (unpaired) electrons. The van der Waals surface area contributed by atoms with Gasteiger partial charge >= 0.3 is 0 Å². The lowest BCUT2D eigenvalue weighted by Gasteiger charge is -2.28. The van der Waals surface area contributed by atoms with Gasteiger partial charge in [-0.1, -0.05) is 6.92 Å². The van der Waals surface area contributed by atoms with Gasteiger partial charge in [0.05, 0.1) is 12.2 Å². The number of rotatable bonds is 8. The van der Waals surface area contributed by atoms with Gasteiger partial charge in [0.2, 0.25) is 0 Å². The van der Waals surface area contributed by atoms with Crippen molar-refractivity contribution in [3.8, 4) is 0 Å². The lowest BCUT2D eigenvalue weighted by molar-refractivity contribution is -0.000970. The van der Waals surface area contributed by atoms with E-state index in [4.69, 9.17) is 9.47 Å². The Kier molecular flexibility index (Phi) is 7.15. The molecule has 0 aliphatic carbocycles. The number of nitrogens with one attached hydrogen (secondary N) is 1. The van der Waals surface area contributed by atoms with Crippen LogP contribution >= 0.6 is 0 Å². The molecule has 0 aromatic rings. The fourth-order valence-corrected chi connectivity index (χ4v) is 1.42. The summed E-state index contributed by atoms with van der Waals surface area (Å²) in [5, 5.41) is 3.46. The molecule has 0 aromatic heterocycles. The van der Waals surface area contributed by atoms with Crippen molar-refractivity contribution in [3.05, 3.63) is 0 Å². The van der Waals surface area contributed by atoms with Crippen molar-refractivity contribution < 1.29 is 9.47 Å². The van der Waals surface area contributed by atoms with Crippen molar-refractivity contribution >= 4 is 0 Å². The molecule has 0 aliphatic rings. The molecule has 0 aliphatic heterocycles. The van der Waals surface area contributed by atoms with Crippen LogP contribution in [0.25, 0.3) is 0 Å². The van der Waals surface area contributed by atoms with E-state index in [2.05, 4.69) is 26.1 Å². The van der Waals surface area contributed by atoms with Crippen molar-refractivity contribution in [2.24, 2.45) is 0 Å². The topological polar surface area (TPSA) is 30.5 Å². The third-order valence-electron chi connectivity index (χ3n) is 2.34. The van der Waals surface area contributed by atoms with E-state index >= 15 is 0 Å². The maximum atomic E-state index is 5.40. The molecule has 0 bridgehead atoms. The maximum absolute atomic E-state index is 5.40. The quantitative estimate of drug-likeness (QED) is 0.652. The molecule has 1 N–H and O–H groups in total. The molecule has 14 heavy (non-hydrogen) atoms. The standard InChI is InChI=1S/C11H25NO2/c1-6-7-12-10(9-13-4)8-11(2,3)14-5/h10,12H,6-9H2,1-5H3. The molecule has 1 unspecified atom stereocenters. The summed E-state index contributed by atoms with van der Waals surface area (Å²) in [6.45, 7) is 8.14. The number of methoxy groups -OCH3 is 2. The summed E-state index contributed by atoms with van der Waals surface area (Å²) in [5.41, 5.74) is -0.0794. The van der Waals surface area contributed by atoms with Crippen LogP contribution in [0, 0.1) is 0 Å². The van der Waals surface area contributed by atoms with Gasteiger partial charge in [-0.15, -0.1) is 0 Å². The molecule has 0 rings (SSSR count). The predicted molar refractivity (Wildman–Crippen MR) is 59.7 cm³/mol. The van der Waals surface area contributed by atoms with E-state index in [1.807, 2.05) is 0 Å². The Balaban J connectivity index is 3.94. The lowest BCUT2D eigenvalue weighted by atomic mass is 9.99. The zero-order chi connectivity index (χ0) is 11.0. The molecule has 0 spiro atoms. The Bertz CT molecular complexity index is 137. The minimum absolute atomic E-state index is 0.0794. The maximum Gasteiger partial charge on any atom is 0.0638 e. The predicted octanol–water partition coefficient (Wildman–Crippen LogP) is 1.82. The zero-order valence-electron chi connectivity index (χ0n) is 10.2. The molecule has 3 heteroatoms. The first-order valence-electron chi connectivity index (χ1n) is 5.33. The van der Waals surface area contributed by atoms with E-state index < -0.39 is 0 Å². The second kappa shape index (κ2) is 7.21. The second-order valence-electron chi connectivity index (χ2n) is 4.27. The molecule has 0 saturated heterocycles. The van der Waals surface area contributed by atoms with Crippen LogP contribution in [-0.4, -0.2) is 39.0 Å². The van der Waals surface area contributed by atoms with E-state index in [0.717, 1.165) is 26.0 Å².